The van der Waals surface area contributed by atoms with Crippen molar-refractivity contribution in [2.24, 2.45) is 11.8 Å². The van der Waals surface area contributed by atoms with Crippen molar-refractivity contribution in [1.29, 1.82) is 0 Å². The van der Waals surface area contributed by atoms with Crippen molar-refractivity contribution >= 4 is 39.5 Å². The Morgan fingerprint density at radius 2 is 0.465 bits per heavy atom. The summed E-state index contributed by atoms with van der Waals surface area (Å²) in [6.45, 7) is 9.64. The number of aliphatic hydroxyl groups excluding tert-OH is 1. The van der Waals surface area contributed by atoms with Gasteiger partial charge < -0.3 is 33.8 Å². The number of rotatable bonds is 79. The Kier molecular flexibility index (Phi) is 70.3. The monoisotopic (exact) mass is 1450 g/mol. The van der Waals surface area contributed by atoms with Gasteiger partial charge in [-0.1, -0.05) is 369 Å². The van der Waals surface area contributed by atoms with Crippen LogP contribution in [-0.4, -0.2) is 96.7 Å². The zero-order chi connectivity index (χ0) is 72.8. The number of aliphatic hydroxyl groups is 1. The van der Waals surface area contributed by atoms with Crippen molar-refractivity contribution in [3.8, 4) is 0 Å². The van der Waals surface area contributed by atoms with Crippen LogP contribution in [0.2, 0.25) is 0 Å². The lowest BCUT2D eigenvalue weighted by atomic mass is 10.0. The number of unbranched alkanes of at least 4 members (excludes halogenated alkanes) is 49. The van der Waals surface area contributed by atoms with Crippen molar-refractivity contribution < 1.29 is 80.2 Å². The van der Waals surface area contributed by atoms with Gasteiger partial charge in [0.15, 0.2) is 12.2 Å². The summed E-state index contributed by atoms with van der Waals surface area (Å²) in [7, 11) is -9.92. The van der Waals surface area contributed by atoms with Crippen molar-refractivity contribution in [2.75, 3.05) is 39.6 Å². The molecule has 0 aromatic heterocycles. The predicted molar refractivity (Wildman–Crippen MR) is 405 cm³/mol. The lowest BCUT2D eigenvalue weighted by Gasteiger charge is -2.21. The molecule has 0 aliphatic carbocycles. The molecule has 5 atom stereocenters. The summed E-state index contributed by atoms with van der Waals surface area (Å²) in [6, 6.07) is 0. The molecule has 0 amide bonds. The molecule has 2 unspecified atom stereocenters. The summed E-state index contributed by atoms with van der Waals surface area (Å²) in [5.74, 6) is -0.554. The van der Waals surface area contributed by atoms with Gasteiger partial charge in [-0.3, -0.25) is 37.3 Å². The number of hydrogen-bond acceptors (Lipinski definition) is 15. The number of hydrogen-bond donors (Lipinski definition) is 3. The van der Waals surface area contributed by atoms with E-state index in [0.717, 1.165) is 102 Å². The molecule has 99 heavy (non-hydrogen) atoms. The molecule has 0 fully saturated rings. The Morgan fingerprint density at radius 3 is 0.687 bits per heavy atom. The van der Waals surface area contributed by atoms with Gasteiger partial charge in [-0.25, -0.2) is 9.13 Å². The normalized spacial score (nSPS) is 13.9. The third-order valence-corrected chi connectivity index (χ3v) is 20.6. The lowest BCUT2D eigenvalue weighted by molar-refractivity contribution is -0.161. The molecule has 19 heteroatoms. The van der Waals surface area contributed by atoms with Crippen LogP contribution in [0.4, 0.5) is 0 Å². The number of phosphoric acid groups is 2. The van der Waals surface area contributed by atoms with Gasteiger partial charge in [-0.2, -0.15) is 0 Å². The summed E-state index contributed by atoms with van der Waals surface area (Å²) in [5.41, 5.74) is 0. The fourth-order valence-corrected chi connectivity index (χ4v) is 13.9. The van der Waals surface area contributed by atoms with Gasteiger partial charge in [0.1, 0.15) is 19.3 Å². The molecular formula is C80H156O17P2. The second kappa shape index (κ2) is 71.7. The van der Waals surface area contributed by atoms with E-state index in [4.69, 9.17) is 37.0 Å². The van der Waals surface area contributed by atoms with Crippen molar-refractivity contribution in [3.63, 3.8) is 0 Å². The number of ether oxygens (including phenoxy) is 4. The third-order valence-electron chi connectivity index (χ3n) is 18.7. The summed E-state index contributed by atoms with van der Waals surface area (Å²) < 4.78 is 68.7. The molecule has 0 rings (SSSR count). The predicted octanol–water partition coefficient (Wildman–Crippen LogP) is 23.9. The molecule has 0 saturated carbocycles. The minimum absolute atomic E-state index is 0.106. The van der Waals surface area contributed by atoms with E-state index in [-0.39, 0.29) is 25.7 Å². The molecule has 588 valence electrons. The van der Waals surface area contributed by atoms with E-state index in [2.05, 4.69) is 41.5 Å². The molecule has 0 bridgehead atoms. The van der Waals surface area contributed by atoms with Crippen LogP contribution in [-0.2, 0) is 65.4 Å². The largest absolute Gasteiger partial charge is 0.472 e. The SMILES string of the molecule is CCCCCCCCCCCCCCCCCCCC(=O)OC[C@H](COP(=O)(O)OC[C@@H](O)COP(=O)(O)OC[C@@H](COC(=O)CCCCCCCCCCCCC)OC(=O)CCCCCCCCCCCCC(C)C)OC(=O)CCCCCCCCCCCCCCCCCC(C)C. The molecule has 0 aliphatic heterocycles. The van der Waals surface area contributed by atoms with Crippen LogP contribution in [0, 0.1) is 11.8 Å². The number of carbonyl (C=O) groups is 4. The van der Waals surface area contributed by atoms with Gasteiger partial charge in [0, 0.05) is 25.7 Å². The van der Waals surface area contributed by atoms with Crippen LogP contribution >= 0.6 is 15.6 Å². The van der Waals surface area contributed by atoms with E-state index in [1.807, 2.05) is 0 Å². The highest BCUT2D eigenvalue weighted by Crippen LogP contribution is 2.45. The first kappa shape index (κ1) is 97.1. The van der Waals surface area contributed by atoms with Crippen LogP contribution in [0.1, 0.15) is 420 Å². The molecule has 0 aliphatic rings. The van der Waals surface area contributed by atoms with Crippen LogP contribution in [0.5, 0.6) is 0 Å². The summed E-state index contributed by atoms with van der Waals surface area (Å²) in [4.78, 5) is 73.0. The lowest BCUT2D eigenvalue weighted by Crippen LogP contribution is -2.30. The fourth-order valence-electron chi connectivity index (χ4n) is 12.4. The molecule has 17 nitrogen and oxygen atoms in total. The summed E-state index contributed by atoms with van der Waals surface area (Å²) >= 11 is 0. The van der Waals surface area contributed by atoms with E-state index in [9.17, 15) is 43.2 Å². The Morgan fingerprint density at radius 1 is 0.273 bits per heavy atom. The summed E-state index contributed by atoms with van der Waals surface area (Å²) in [6.07, 6.45) is 60.9. The smallest absolute Gasteiger partial charge is 0.462 e. The van der Waals surface area contributed by atoms with Crippen molar-refractivity contribution in [2.45, 2.75) is 439 Å². The Balaban J connectivity index is 5.25. The van der Waals surface area contributed by atoms with Crippen LogP contribution < -0.4 is 0 Å². The Hall–Kier alpha value is -1.94. The average molecular weight is 1450 g/mol. The first-order valence-electron chi connectivity index (χ1n) is 41.5. The van der Waals surface area contributed by atoms with Gasteiger partial charge in [0.05, 0.1) is 26.4 Å². The maximum atomic E-state index is 13.1. The van der Waals surface area contributed by atoms with E-state index in [0.29, 0.717) is 25.7 Å². The number of esters is 4. The quantitative estimate of drug-likeness (QED) is 0.0222. The molecule has 0 saturated heterocycles. The van der Waals surface area contributed by atoms with Gasteiger partial charge in [-0.05, 0) is 37.5 Å². The second-order valence-electron chi connectivity index (χ2n) is 29.8. The molecule has 3 N–H and O–H groups in total. The fraction of sp³-hybridized carbons (Fsp3) is 0.950. The standard InChI is InChI=1S/C80H156O17P2/c1-7-9-11-13-15-17-19-20-21-22-25-28-32-39-45-51-57-63-78(83)91-69-75(96-79(84)64-58-52-46-40-33-29-26-23-24-27-31-36-42-48-54-60-72(3)4)70-94-98(86,87)92-66-74(81)67-93-99(88,89)95-71-76(68-90-77(82)62-56-50-44-38-30-18-16-14-12-10-8-2)97-80(85)65-59-53-47-41-35-34-37-43-49-55-61-73(5)6/h72-76,81H,7-71H2,1-6H3,(H,86,87)(H,88,89)/t74-,75-,76-/m1/s1. The number of phosphoric ester groups is 2. The minimum Gasteiger partial charge on any atom is -0.462 e. The highest BCUT2D eigenvalue weighted by molar-refractivity contribution is 7.47. The van der Waals surface area contributed by atoms with Gasteiger partial charge in [0.25, 0.3) is 0 Å². The van der Waals surface area contributed by atoms with E-state index < -0.39 is 97.5 Å². The van der Waals surface area contributed by atoms with Gasteiger partial charge >= 0.3 is 39.5 Å². The third kappa shape index (κ3) is 74.1. The van der Waals surface area contributed by atoms with Crippen LogP contribution in [0.25, 0.3) is 0 Å². The van der Waals surface area contributed by atoms with E-state index in [1.165, 1.54) is 238 Å². The topological polar surface area (TPSA) is 237 Å². The van der Waals surface area contributed by atoms with Crippen LogP contribution in [0.3, 0.4) is 0 Å². The van der Waals surface area contributed by atoms with E-state index >= 15 is 0 Å². The molecule has 0 radical (unpaired) electrons. The zero-order valence-electron chi connectivity index (χ0n) is 64.8. The van der Waals surface area contributed by atoms with Crippen LogP contribution in [0.15, 0.2) is 0 Å². The molecule has 0 spiro atoms. The highest BCUT2D eigenvalue weighted by atomic mass is 31.2. The van der Waals surface area contributed by atoms with Crippen molar-refractivity contribution in [3.05, 3.63) is 0 Å². The summed E-state index contributed by atoms with van der Waals surface area (Å²) in [5, 5.41) is 10.6. The first-order chi connectivity index (χ1) is 47.9. The molecule has 0 aromatic rings. The number of carbonyl (C=O) groups excluding carboxylic acids is 4. The maximum absolute atomic E-state index is 13.1. The second-order valence-corrected chi connectivity index (χ2v) is 32.7. The molecular weight excluding hydrogens is 1290 g/mol. The van der Waals surface area contributed by atoms with E-state index in [1.54, 1.807) is 0 Å². The maximum Gasteiger partial charge on any atom is 0.472 e. The molecule has 0 heterocycles. The average Bonchev–Trinajstić information content (AvgIpc) is 0.989. The highest BCUT2D eigenvalue weighted by Gasteiger charge is 2.30. The first-order valence-corrected chi connectivity index (χ1v) is 44.5. The van der Waals surface area contributed by atoms with Gasteiger partial charge in [0.2, 0.25) is 0 Å². The van der Waals surface area contributed by atoms with Gasteiger partial charge in [-0.15, -0.1) is 0 Å². The Bertz CT molecular complexity index is 1910. The molecule has 0 aromatic carbocycles. The van der Waals surface area contributed by atoms with Crippen molar-refractivity contribution in [1.82, 2.24) is 0 Å². The zero-order valence-corrected chi connectivity index (χ0v) is 66.6. The minimum atomic E-state index is -4.96. The Labute approximate surface area is 607 Å².